The van der Waals surface area contributed by atoms with Crippen molar-refractivity contribution in [3.8, 4) is 0 Å². The highest BCUT2D eigenvalue weighted by Crippen LogP contribution is 2.39. The molecule has 0 spiro atoms. The van der Waals surface area contributed by atoms with E-state index < -0.39 is 11.9 Å². The van der Waals surface area contributed by atoms with Gasteiger partial charge in [-0.2, -0.15) is 0 Å². The molecule has 0 saturated heterocycles. The Morgan fingerprint density at radius 3 is 1.22 bits per heavy atom. The Morgan fingerprint density at radius 2 is 0.917 bits per heavy atom. The zero-order valence-electron chi connectivity index (χ0n) is 21.4. The molecule has 36 heavy (non-hydrogen) atoms. The van der Waals surface area contributed by atoms with Crippen LogP contribution >= 0.6 is 0 Å². The molecular formula is C26H44N4O6. The second-order valence-corrected chi connectivity index (χ2v) is 11.5. The fourth-order valence-electron chi connectivity index (χ4n) is 6.47. The standard InChI is InChI=1S/C26H44N4O6/c31-21(32)15-25(11-3-1-4-12-25)17-27-23(35)29-19-7-9-20(10-8-19)30-24(36)28-18-26(16-22(33)34)13-5-2-6-14-26/h19-20H,1-18H2,(H,31,32)(H,33,34)(H2,27,29,35)(H2,28,30,36). The Hall–Kier alpha value is -2.52. The fraction of sp³-hybridized carbons (Fsp3) is 0.846. The highest BCUT2D eigenvalue weighted by atomic mass is 16.4. The van der Waals surface area contributed by atoms with E-state index in [1.807, 2.05) is 0 Å². The van der Waals surface area contributed by atoms with Gasteiger partial charge in [-0.3, -0.25) is 9.59 Å². The lowest BCUT2D eigenvalue weighted by atomic mass is 9.72. The number of carbonyl (C=O) groups is 4. The van der Waals surface area contributed by atoms with Crippen molar-refractivity contribution in [3.05, 3.63) is 0 Å². The van der Waals surface area contributed by atoms with Gasteiger partial charge in [-0.1, -0.05) is 38.5 Å². The van der Waals surface area contributed by atoms with Gasteiger partial charge in [-0.05, 0) is 62.2 Å². The van der Waals surface area contributed by atoms with Gasteiger partial charge in [0.05, 0.1) is 12.8 Å². The molecule has 10 heteroatoms. The number of urea groups is 2. The van der Waals surface area contributed by atoms with Gasteiger partial charge in [0, 0.05) is 25.2 Å². The number of carbonyl (C=O) groups excluding carboxylic acids is 2. The van der Waals surface area contributed by atoms with E-state index in [0.29, 0.717) is 13.1 Å². The Labute approximate surface area is 213 Å². The van der Waals surface area contributed by atoms with Crippen molar-refractivity contribution in [2.45, 2.75) is 115 Å². The Balaban J connectivity index is 1.35. The molecule has 3 fully saturated rings. The molecule has 4 amide bonds. The summed E-state index contributed by atoms with van der Waals surface area (Å²) >= 11 is 0. The van der Waals surface area contributed by atoms with Gasteiger partial charge in [0.15, 0.2) is 0 Å². The molecule has 0 bridgehead atoms. The lowest BCUT2D eigenvalue weighted by molar-refractivity contribution is -0.141. The smallest absolute Gasteiger partial charge is 0.315 e. The third kappa shape index (κ3) is 8.85. The molecule has 0 atom stereocenters. The van der Waals surface area contributed by atoms with E-state index in [9.17, 15) is 29.4 Å². The molecule has 0 aromatic heterocycles. The molecule has 0 unspecified atom stereocenters. The van der Waals surface area contributed by atoms with Crippen molar-refractivity contribution < 1.29 is 29.4 Å². The summed E-state index contributed by atoms with van der Waals surface area (Å²) in [6.45, 7) is 0.761. The molecule has 0 aromatic carbocycles. The summed E-state index contributed by atoms with van der Waals surface area (Å²) in [5, 5.41) is 30.5. The van der Waals surface area contributed by atoms with Crippen molar-refractivity contribution >= 4 is 24.0 Å². The van der Waals surface area contributed by atoms with Crippen LogP contribution < -0.4 is 21.3 Å². The SMILES string of the molecule is O=C(O)CC1(CNC(=O)NC2CCC(NC(=O)NCC3(CC(=O)O)CCCCC3)CC2)CCCCC1. The largest absolute Gasteiger partial charge is 0.481 e. The van der Waals surface area contributed by atoms with E-state index in [4.69, 9.17) is 0 Å². The lowest BCUT2D eigenvalue weighted by Crippen LogP contribution is -2.51. The maximum atomic E-state index is 12.5. The number of hydrogen-bond donors (Lipinski definition) is 6. The van der Waals surface area contributed by atoms with Crippen LogP contribution in [0.25, 0.3) is 0 Å². The van der Waals surface area contributed by atoms with Crippen molar-refractivity contribution in [2.75, 3.05) is 13.1 Å². The first kappa shape index (κ1) is 28.1. The minimum atomic E-state index is -0.815. The number of aliphatic carboxylic acids is 2. The molecule has 0 heterocycles. The second kappa shape index (κ2) is 13.1. The maximum Gasteiger partial charge on any atom is 0.315 e. The van der Waals surface area contributed by atoms with E-state index in [0.717, 1.165) is 89.9 Å². The summed E-state index contributed by atoms with van der Waals surface area (Å²) in [5.74, 6) is -1.63. The minimum absolute atomic E-state index is 0.0222. The van der Waals surface area contributed by atoms with E-state index in [1.165, 1.54) is 0 Å². The summed E-state index contributed by atoms with van der Waals surface area (Å²) in [7, 11) is 0. The van der Waals surface area contributed by atoms with Crippen molar-refractivity contribution in [1.29, 1.82) is 0 Å². The first-order valence-electron chi connectivity index (χ1n) is 13.7. The molecule has 6 N–H and O–H groups in total. The van der Waals surface area contributed by atoms with E-state index >= 15 is 0 Å². The van der Waals surface area contributed by atoms with Crippen molar-refractivity contribution in [3.63, 3.8) is 0 Å². The minimum Gasteiger partial charge on any atom is -0.481 e. The van der Waals surface area contributed by atoms with Gasteiger partial charge >= 0.3 is 24.0 Å². The summed E-state index contributed by atoms with van der Waals surface area (Å²) in [6.07, 6.45) is 12.7. The number of carboxylic acids is 2. The quantitative estimate of drug-likeness (QED) is 0.264. The molecule has 3 aliphatic rings. The maximum absolute atomic E-state index is 12.5. The highest BCUT2D eigenvalue weighted by molar-refractivity contribution is 5.75. The van der Waals surface area contributed by atoms with Gasteiger partial charge < -0.3 is 31.5 Å². The zero-order valence-corrected chi connectivity index (χ0v) is 21.4. The molecule has 0 aliphatic heterocycles. The number of rotatable bonds is 10. The predicted octanol–water partition coefficient (Wildman–Crippen LogP) is 3.75. The van der Waals surface area contributed by atoms with E-state index in [1.54, 1.807) is 0 Å². The number of hydrogen-bond acceptors (Lipinski definition) is 4. The van der Waals surface area contributed by atoms with Crippen LogP contribution in [0.1, 0.15) is 103 Å². The molecule has 3 saturated carbocycles. The molecule has 0 aromatic rings. The summed E-state index contributed by atoms with van der Waals surface area (Å²) in [4.78, 5) is 47.7. The zero-order chi connectivity index (χ0) is 26.0. The van der Waals surface area contributed by atoms with Crippen LogP contribution in [0, 0.1) is 10.8 Å². The van der Waals surface area contributed by atoms with E-state index in [-0.39, 0.29) is 47.8 Å². The van der Waals surface area contributed by atoms with Gasteiger partial charge in [0.1, 0.15) is 0 Å². The van der Waals surface area contributed by atoms with Crippen molar-refractivity contribution in [1.82, 2.24) is 21.3 Å². The summed E-state index contributed by atoms with van der Waals surface area (Å²) in [6, 6.07) is -0.464. The van der Waals surface area contributed by atoms with Crippen LogP contribution in [0.2, 0.25) is 0 Å². The van der Waals surface area contributed by atoms with Crippen LogP contribution in [0.4, 0.5) is 9.59 Å². The molecule has 3 aliphatic carbocycles. The van der Waals surface area contributed by atoms with Crippen LogP contribution in [0.5, 0.6) is 0 Å². The topological polar surface area (TPSA) is 157 Å². The number of nitrogens with one attached hydrogen (secondary N) is 4. The lowest BCUT2D eigenvalue weighted by Gasteiger charge is -2.37. The summed E-state index contributed by atoms with van der Waals surface area (Å²) < 4.78 is 0. The first-order valence-corrected chi connectivity index (χ1v) is 13.7. The third-order valence-electron chi connectivity index (χ3n) is 8.53. The average Bonchev–Trinajstić information content (AvgIpc) is 2.83. The monoisotopic (exact) mass is 508 g/mol. The van der Waals surface area contributed by atoms with Crippen LogP contribution in [-0.4, -0.2) is 59.4 Å². The van der Waals surface area contributed by atoms with Crippen LogP contribution in [-0.2, 0) is 9.59 Å². The second-order valence-electron chi connectivity index (χ2n) is 11.5. The Kier molecular flexibility index (Phi) is 10.2. The first-order chi connectivity index (χ1) is 17.2. The molecular weight excluding hydrogens is 464 g/mol. The number of carboxylic acid groups (broad SMARTS) is 2. The molecule has 10 nitrogen and oxygen atoms in total. The van der Waals surface area contributed by atoms with Gasteiger partial charge in [0.25, 0.3) is 0 Å². The fourth-order valence-corrected chi connectivity index (χ4v) is 6.47. The predicted molar refractivity (Wildman–Crippen MR) is 135 cm³/mol. The van der Waals surface area contributed by atoms with Gasteiger partial charge in [-0.25, -0.2) is 9.59 Å². The van der Waals surface area contributed by atoms with Crippen LogP contribution in [0.3, 0.4) is 0 Å². The Morgan fingerprint density at radius 1 is 0.583 bits per heavy atom. The highest BCUT2D eigenvalue weighted by Gasteiger charge is 2.36. The molecule has 204 valence electrons. The van der Waals surface area contributed by atoms with Crippen LogP contribution in [0.15, 0.2) is 0 Å². The van der Waals surface area contributed by atoms with Gasteiger partial charge in [0.2, 0.25) is 0 Å². The van der Waals surface area contributed by atoms with Gasteiger partial charge in [-0.15, -0.1) is 0 Å². The molecule has 0 radical (unpaired) electrons. The third-order valence-corrected chi connectivity index (χ3v) is 8.53. The van der Waals surface area contributed by atoms with Crippen molar-refractivity contribution in [2.24, 2.45) is 10.8 Å². The summed E-state index contributed by atoms with van der Waals surface area (Å²) in [5.41, 5.74) is -0.700. The van der Waals surface area contributed by atoms with E-state index in [2.05, 4.69) is 21.3 Å². The normalized spacial score (nSPS) is 25.2. The molecule has 3 rings (SSSR count). The Bertz CT molecular complexity index is 704. The number of amides is 4. The average molecular weight is 509 g/mol.